The minimum atomic E-state index is -0.482. The second kappa shape index (κ2) is 17.1. The number of hydrogen-bond donors (Lipinski definition) is 2. The highest BCUT2D eigenvalue weighted by Crippen LogP contribution is 2.39. The molecule has 0 aliphatic carbocycles. The minimum Gasteiger partial charge on any atom is -0.450 e. The monoisotopic (exact) mass is 776 g/mol. The van der Waals surface area contributed by atoms with Crippen molar-refractivity contribution in [1.29, 1.82) is 0 Å². The topological polar surface area (TPSA) is 90.7 Å². The molecule has 0 unspecified atom stereocenters. The molecule has 0 saturated carbocycles. The fourth-order valence-electron chi connectivity index (χ4n) is 4.94. The van der Waals surface area contributed by atoms with Crippen molar-refractivity contribution in [3.8, 4) is 0 Å². The van der Waals surface area contributed by atoms with Crippen LogP contribution in [0.2, 0.25) is 0 Å². The Morgan fingerprint density at radius 3 is 2.42 bits per heavy atom. The smallest absolute Gasteiger partial charge is 0.413 e. The van der Waals surface area contributed by atoms with Gasteiger partial charge in [0, 0.05) is 61.1 Å². The number of amides is 1. The molecule has 3 aliphatic heterocycles. The van der Waals surface area contributed by atoms with Crippen LogP contribution in [-0.4, -0.2) is 59.7 Å². The summed E-state index contributed by atoms with van der Waals surface area (Å²) in [5.41, 5.74) is 0.752. The van der Waals surface area contributed by atoms with Crippen LogP contribution in [0.5, 0.6) is 0 Å². The average molecular weight is 779 g/mol. The number of nitrogens with one attached hydrogen (secondary N) is 2. The van der Waals surface area contributed by atoms with Gasteiger partial charge in [-0.1, -0.05) is 34.5 Å². The van der Waals surface area contributed by atoms with E-state index in [-0.39, 0.29) is 27.8 Å². The molecule has 0 spiro atoms. The van der Waals surface area contributed by atoms with Crippen LogP contribution < -0.4 is 10.6 Å². The van der Waals surface area contributed by atoms with E-state index < -0.39 is 11.6 Å². The van der Waals surface area contributed by atoms with Crippen molar-refractivity contribution in [2.45, 2.75) is 86.7 Å². The molecule has 2 aromatic heterocycles. The SMILES string of the molecule is C.C.C.CC(=S)N[C@@](C)(CC1=NCCC1)c1cc(Br)cs1.CCOC(=O)NC1=N[C@](C)(c2cc(Br)cs2)CC2=NCCN21. The molecular formula is C30H46Br2N6O2S3. The first-order valence-electron chi connectivity index (χ1n) is 13.2. The summed E-state index contributed by atoms with van der Waals surface area (Å²) >= 11 is 15.6. The number of halogens is 2. The fraction of sp³-hybridized carbons (Fsp3) is 0.567. The van der Waals surface area contributed by atoms with Crippen molar-refractivity contribution < 1.29 is 9.53 Å². The Morgan fingerprint density at radius 1 is 1.16 bits per heavy atom. The van der Waals surface area contributed by atoms with Gasteiger partial charge in [0.15, 0.2) is 0 Å². The number of hydrogen-bond acceptors (Lipinski definition) is 9. The summed E-state index contributed by atoms with van der Waals surface area (Å²) in [5.74, 6) is 1.49. The number of aliphatic imine (C=N–C) groups is 3. The Balaban J connectivity index is 0.000000409. The number of fused-ring (bicyclic) bond motifs is 1. The first kappa shape index (κ1) is 39.4. The van der Waals surface area contributed by atoms with Gasteiger partial charge < -0.3 is 10.1 Å². The van der Waals surface area contributed by atoms with E-state index in [2.05, 4.69) is 83.8 Å². The van der Waals surface area contributed by atoms with E-state index in [4.69, 9.17) is 21.9 Å². The number of rotatable bonds is 6. The zero-order valence-corrected chi connectivity index (χ0v) is 28.7. The van der Waals surface area contributed by atoms with Crippen LogP contribution in [0.1, 0.15) is 85.4 Å². The van der Waals surface area contributed by atoms with Gasteiger partial charge in [-0.05, 0) is 84.5 Å². The molecule has 0 aromatic carbocycles. The van der Waals surface area contributed by atoms with E-state index in [1.165, 1.54) is 17.0 Å². The van der Waals surface area contributed by atoms with Crippen molar-refractivity contribution in [2.24, 2.45) is 15.0 Å². The van der Waals surface area contributed by atoms with Crippen LogP contribution in [0.25, 0.3) is 0 Å². The maximum atomic E-state index is 11.8. The zero-order valence-electron chi connectivity index (χ0n) is 23.1. The molecule has 2 atom stereocenters. The summed E-state index contributed by atoms with van der Waals surface area (Å²) in [5, 5.41) is 10.4. The van der Waals surface area contributed by atoms with Crippen LogP contribution in [0.15, 0.2) is 46.8 Å². The lowest BCUT2D eigenvalue weighted by atomic mass is 9.91. The van der Waals surface area contributed by atoms with Gasteiger partial charge in [0.05, 0.1) is 23.7 Å². The van der Waals surface area contributed by atoms with Crippen molar-refractivity contribution >= 4 is 95.3 Å². The molecular weight excluding hydrogens is 732 g/mol. The van der Waals surface area contributed by atoms with E-state index in [0.29, 0.717) is 12.6 Å². The number of carbonyl (C=O) groups excluding carboxylic acids is 1. The Morgan fingerprint density at radius 2 is 1.86 bits per heavy atom. The van der Waals surface area contributed by atoms with Crippen molar-refractivity contribution in [3.63, 3.8) is 0 Å². The van der Waals surface area contributed by atoms with Gasteiger partial charge >= 0.3 is 6.09 Å². The highest BCUT2D eigenvalue weighted by atomic mass is 79.9. The largest absolute Gasteiger partial charge is 0.450 e. The summed E-state index contributed by atoms with van der Waals surface area (Å²) in [4.78, 5) is 30.9. The van der Waals surface area contributed by atoms with E-state index in [1.807, 2.05) is 17.2 Å². The molecule has 2 aromatic rings. The highest BCUT2D eigenvalue weighted by molar-refractivity contribution is 9.10. The number of guanidine groups is 1. The first-order valence-corrected chi connectivity index (χ1v) is 16.9. The van der Waals surface area contributed by atoms with Crippen molar-refractivity contribution in [3.05, 3.63) is 41.6 Å². The molecule has 1 amide bonds. The van der Waals surface area contributed by atoms with Crippen molar-refractivity contribution in [1.82, 2.24) is 15.5 Å². The Hall–Kier alpha value is -1.67. The number of thiophene rings is 2. The third kappa shape index (κ3) is 10.2. The number of carbonyl (C=O) groups is 1. The molecule has 240 valence electrons. The molecule has 5 rings (SSSR count). The third-order valence-electron chi connectivity index (χ3n) is 6.71. The van der Waals surface area contributed by atoms with Gasteiger partial charge in [0.25, 0.3) is 0 Å². The summed E-state index contributed by atoms with van der Waals surface area (Å²) < 4.78 is 7.14. The predicted molar refractivity (Wildman–Crippen MR) is 198 cm³/mol. The van der Waals surface area contributed by atoms with Gasteiger partial charge in [0.1, 0.15) is 11.4 Å². The van der Waals surface area contributed by atoms with Crippen molar-refractivity contribution in [2.75, 3.05) is 26.2 Å². The zero-order chi connectivity index (χ0) is 28.9. The lowest BCUT2D eigenvalue weighted by Gasteiger charge is -2.35. The van der Waals surface area contributed by atoms with Gasteiger partial charge in [-0.2, -0.15) is 0 Å². The summed E-state index contributed by atoms with van der Waals surface area (Å²) in [6, 6.07) is 4.24. The second-order valence-corrected chi connectivity index (χ2v) is 14.4. The third-order valence-corrected chi connectivity index (χ3v) is 10.7. The van der Waals surface area contributed by atoms with Crippen LogP contribution >= 0.6 is 66.8 Å². The molecule has 3 aliphatic rings. The summed E-state index contributed by atoms with van der Waals surface area (Å²) in [6.07, 6.45) is 3.50. The average Bonchev–Trinajstić information content (AvgIpc) is 3.67. The molecule has 5 heterocycles. The standard InChI is InChI=1S/C14H17BrN4O2S.C13H17BrN2S2.3CH4/c1-3-21-13(20)17-12-18-14(2,10-6-9(15)8-22-10)7-11-16-4-5-19(11)12;1-9(17)16-13(2,7-11-4-3-5-15-11)12-6-10(14)8-18-12;;;/h6,8H,3-5,7H2,1-2H3,(H,17,18,20);6,8H,3-5,7H2,1-2H3,(H,16,17);3*1H4/t14-;13-;;;/m00.../s1. The lowest BCUT2D eigenvalue weighted by molar-refractivity contribution is 0.156. The molecule has 43 heavy (non-hydrogen) atoms. The van der Waals surface area contributed by atoms with E-state index in [1.54, 1.807) is 29.6 Å². The van der Waals surface area contributed by atoms with Gasteiger partial charge in [-0.3, -0.25) is 20.2 Å². The Labute approximate surface area is 288 Å². The molecule has 13 heteroatoms. The lowest BCUT2D eigenvalue weighted by Crippen LogP contribution is -2.51. The minimum absolute atomic E-state index is 0. The number of thiocarbonyl (C=S) groups is 1. The molecule has 8 nitrogen and oxygen atoms in total. The second-order valence-electron chi connectivity index (χ2n) is 10.2. The normalized spacial score (nSPS) is 19.8. The number of ether oxygens (including phenoxy) is 1. The quantitative estimate of drug-likeness (QED) is 0.286. The van der Waals surface area contributed by atoms with Crippen LogP contribution in [0, 0.1) is 0 Å². The number of nitrogens with zero attached hydrogens (tertiary/aromatic N) is 4. The van der Waals surface area contributed by atoms with Crippen LogP contribution in [-0.2, 0) is 15.8 Å². The molecule has 0 radical (unpaired) electrons. The summed E-state index contributed by atoms with van der Waals surface area (Å²) in [7, 11) is 0. The maximum Gasteiger partial charge on any atom is 0.413 e. The molecule has 0 bridgehead atoms. The first-order chi connectivity index (χ1) is 19.0. The van der Waals surface area contributed by atoms with E-state index in [0.717, 1.165) is 63.5 Å². The van der Waals surface area contributed by atoms with Gasteiger partial charge in [-0.15, -0.1) is 22.7 Å². The van der Waals surface area contributed by atoms with Crippen LogP contribution in [0.4, 0.5) is 4.79 Å². The van der Waals surface area contributed by atoms with E-state index in [9.17, 15) is 4.79 Å². The fourth-order valence-corrected chi connectivity index (χ4v) is 8.25. The highest BCUT2D eigenvalue weighted by Gasteiger charge is 2.40. The number of alkyl carbamates (subject to hydrolysis) is 1. The summed E-state index contributed by atoms with van der Waals surface area (Å²) in [6.45, 7) is 10.8. The maximum absolute atomic E-state index is 11.8. The Bertz CT molecular complexity index is 1340. The molecule has 2 N–H and O–H groups in total. The molecule has 0 fully saturated rings. The van der Waals surface area contributed by atoms with Gasteiger partial charge in [-0.25, -0.2) is 9.79 Å². The van der Waals surface area contributed by atoms with Crippen LogP contribution in [0.3, 0.4) is 0 Å². The Kier molecular flexibility index (Phi) is 15.7. The van der Waals surface area contributed by atoms with E-state index >= 15 is 0 Å². The number of amidine groups is 1. The molecule has 0 saturated heterocycles. The predicted octanol–water partition coefficient (Wildman–Crippen LogP) is 9.14. The van der Waals surface area contributed by atoms with Gasteiger partial charge in [0.2, 0.25) is 5.96 Å².